The van der Waals surface area contributed by atoms with Crippen molar-refractivity contribution in [2.75, 3.05) is 0 Å². The van der Waals surface area contributed by atoms with E-state index < -0.39 is 23.6 Å². The number of alkyl halides is 3. The molecule has 7 heteroatoms. The van der Waals surface area contributed by atoms with Crippen LogP contribution < -0.4 is 0 Å². The summed E-state index contributed by atoms with van der Waals surface area (Å²) >= 11 is 1.29. The first kappa shape index (κ1) is 21.2. The Kier molecular flexibility index (Phi) is 5.89. The van der Waals surface area contributed by atoms with Gasteiger partial charge < -0.3 is 0 Å². The molecule has 0 aromatic heterocycles. The van der Waals surface area contributed by atoms with Crippen LogP contribution in [0, 0.1) is 6.92 Å². The van der Waals surface area contributed by atoms with Gasteiger partial charge in [-0.15, -0.1) is 11.8 Å². The van der Waals surface area contributed by atoms with Crippen LogP contribution in [0.5, 0.6) is 0 Å². The number of hydrogen-bond acceptors (Lipinski definition) is 3. The molecular formula is C22H20F3NO2S. The summed E-state index contributed by atoms with van der Waals surface area (Å²) in [7, 11) is 0. The van der Waals surface area contributed by atoms with Crippen LogP contribution in [0.2, 0.25) is 0 Å². The maximum absolute atomic E-state index is 13.1. The SMILES string of the molecule is Cc1ccc(C2=C(SC(C)C)C(=O)N(Cc3cccc(C(F)(F)F)c3)C2=O)cc1. The molecule has 0 radical (unpaired) electrons. The number of hydrogen-bond donors (Lipinski definition) is 0. The fourth-order valence-corrected chi connectivity index (χ4v) is 4.05. The molecule has 0 N–H and O–H groups in total. The Morgan fingerprint density at radius 2 is 1.66 bits per heavy atom. The third kappa shape index (κ3) is 4.56. The highest BCUT2D eigenvalue weighted by Gasteiger charge is 2.39. The summed E-state index contributed by atoms with van der Waals surface area (Å²) in [6.45, 7) is 5.54. The van der Waals surface area contributed by atoms with Gasteiger partial charge in [0.05, 0.1) is 22.6 Å². The molecule has 0 spiro atoms. The molecule has 0 unspecified atom stereocenters. The number of carbonyl (C=O) groups is 2. The van der Waals surface area contributed by atoms with Crippen LogP contribution in [0.1, 0.15) is 36.1 Å². The van der Waals surface area contributed by atoms with Crippen LogP contribution >= 0.6 is 11.8 Å². The van der Waals surface area contributed by atoms with Crippen molar-refractivity contribution in [3.63, 3.8) is 0 Å². The first-order valence-electron chi connectivity index (χ1n) is 9.08. The highest BCUT2D eigenvalue weighted by Crippen LogP contribution is 2.39. The molecule has 3 nitrogen and oxygen atoms in total. The molecule has 3 rings (SSSR count). The van der Waals surface area contributed by atoms with Crippen LogP contribution in [0.25, 0.3) is 5.57 Å². The summed E-state index contributed by atoms with van der Waals surface area (Å²) in [4.78, 5) is 27.4. The molecule has 0 saturated carbocycles. The van der Waals surface area contributed by atoms with Gasteiger partial charge in [0.1, 0.15) is 0 Å². The molecule has 0 aliphatic carbocycles. The second-order valence-corrected chi connectivity index (χ2v) is 8.72. The molecule has 0 bridgehead atoms. The van der Waals surface area contributed by atoms with Crippen molar-refractivity contribution in [1.29, 1.82) is 0 Å². The van der Waals surface area contributed by atoms with Crippen LogP contribution in [-0.4, -0.2) is 22.0 Å². The van der Waals surface area contributed by atoms with Crippen molar-refractivity contribution in [1.82, 2.24) is 4.90 Å². The van der Waals surface area contributed by atoms with Crippen LogP contribution in [0.15, 0.2) is 53.4 Å². The summed E-state index contributed by atoms with van der Waals surface area (Å²) in [6.07, 6.45) is -4.49. The summed E-state index contributed by atoms with van der Waals surface area (Å²) in [5, 5.41) is 0.0655. The molecule has 152 valence electrons. The quantitative estimate of drug-likeness (QED) is 0.606. The molecule has 2 amide bonds. The van der Waals surface area contributed by atoms with Gasteiger partial charge in [-0.3, -0.25) is 14.5 Å². The number of thioether (sulfide) groups is 1. The van der Waals surface area contributed by atoms with E-state index >= 15 is 0 Å². The minimum Gasteiger partial charge on any atom is -0.269 e. The van der Waals surface area contributed by atoms with Gasteiger partial charge in [-0.25, -0.2) is 0 Å². The van der Waals surface area contributed by atoms with E-state index in [2.05, 4.69) is 0 Å². The van der Waals surface area contributed by atoms with Gasteiger partial charge in [-0.05, 0) is 30.2 Å². The number of imide groups is 1. The smallest absolute Gasteiger partial charge is 0.269 e. The minimum atomic E-state index is -4.49. The van der Waals surface area contributed by atoms with E-state index in [4.69, 9.17) is 0 Å². The number of halogens is 3. The van der Waals surface area contributed by atoms with Gasteiger partial charge in [-0.2, -0.15) is 13.2 Å². The standard InChI is InChI=1S/C22H20F3NO2S/c1-13(2)29-19-18(16-9-7-14(3)8-10-16)20(27)26(21(19)28)12-15-5-4-6-17(11-15)22(23,24)25/h4-11,13H,12H2,1-3H3. The highest BCUT2D eigenvalue weighted by atomic mass is 32.2. The molecule has 1 aliphatic rings. The number of aryl methyl sites for hydroxylation is 1. The third-order valence-corrected chi connectivity index (χ3v) is 5.50. The van der Waals surface area contributed by atoms with Crippen molar-refractivity contribution in [3.8, 4) is 0 Å². The predicted molar refractivity (Wildman–Crippen MR) is 108 cm³/mol. The molecule has 2 aromatic carbocycles. The van der Waals surface area contributed by atoms with Crippen molar-refractivity contribution in [3.05, 3.63) is 75.7 Å². The topological polar surface area (TPSA) is 37.4 Å². The van der Waals surface area contributed by atoms with E-state index in [-0.39, 0.29) is 17.4 Å². The zero-order chi connectivity index (χ0) is 21.3. The molecule has 1 heterocycles. The Bertz CT molecular complexity index is 978. The summed E-state index contributed by atoms with van der Waals surface area (Å²) < 4.78 is 39.0. The maximum Gasteiger partial charge on any atom is 0.416 e. The number of benzene rings is 2. The maximum atomic E-state index is 13.1. The van der Waals surface area contributed by atoms with E-state index in [1.807, 2.05) is 32.9 Å². The average Bonchev–Trinajstić information content (AvgIpc) is 2.86. The molecule has 0 atom stereocenters. The lowest BCUT2D eigenvalue weighted by Crippen LogP contribution is -2.31. The number of carbonyl (C=O) groups excluding carboxylic acids is 2. The number of nitrogens with zero attached hydrogens (tertiary/aromatic N) is 1. The molecule has 0 saturated heterocycles. The Balaban J connectivity index is 1.96. The van der Waals surface area contributed by atoms with Gasteiger partial charge in [-0.1, -0.05) is 55.8 Å². The highest BCUT2D eigenvalue weighted by molar-refractivity contribution is 8.04. The minimum absolute atomic E-state index is 0.0655. The lowest BCUT2D eigenvalue weighted by Gasteiger charge is -2.16. The normalized spacial score (nSPS) is 15.1. The monoisotopic (exact) mass is 419 g/mol. The zero-order valence-corrected chi connectivity index (χ0v) is 17.0. The number of rotatable bonds is 5. The predicted octanol–water partition coefficient (Wildman–Crippen LogP) is 5.44. The summed E-state index contributed by atoms with van der Waals surface area (Å²) in [5.74, 6) is -0.957. The lowest BCUT2D eigenvalue weighted by molar-refractivity contribution is -0.137. The van der Waals surface area contributed by atoms with Crippen molar-refractivity contribution >= 4 is 29.1 Å². The van der Waals surface area contributed by atoms with Crippen molar-refractivity contribution in [2.24, 2.45) is 0 Å². The Hall–Kier alpha value is -2.54. The first-order chi connectivity index (χ1) is 13.6. The van der Waals surface area contributed by atoms with Gasteiger partial charge in [0.25, 0.3) is 11.8 Å². The van der Waals surface area contributed by atoms with E-state index in [0.717, 1.165) is 22.6 Å². The fraction of sp³-hybridized carbons (Fsp3) is 0.273. The molecule has 0 fully saturated rings. The largest absolute Gasteiger partial charge is 0.416 e. The summed E-state index contributed by atoms with van der Waals surface area (Å²) in [6, 6.07) is 12.0. The zero-order valence-electron chi connectivity index (χ0n) is 16.2. The van der Waals surface area contributed by atoms with Gasteiger partial charge in [0.2, 0.25) is 0 Å². The van der Waals surface area contributed by atoms with Crippen LogP contribution in [-0.2, 0) is 22.3 Å². The molecule has 1 aliphatic heterocycles. The van der Waals surface area contributed by atoms with Crippen LogP contribution in [0.4, 0.5) is 13.2 Å². The van der Waals surface area contributed by atoms with E-state index in [1.54, 1.807) is 12.1 Å². The van der Waals surface area contributed by atoms with Crippen molar-refractivity contribution in [2.45, 2.75) is 38.7 Å². The molecule has 2 aromatic rings. The second kappa shape index (κ2) is 8.06. The first-order valence-corrected chi connectivity index (χ1v) is 9.96. The van der Waals surface area contributed by atoms with Crippen molar-refractivity contribution < 1.29 is 22.8 Å². The fourth-order valence-electron chi connectivity index (χ4n) is 3.05. The van der Waals surface area contributed by atoms with Crippen LogP contribution in [0.3, 0.4) is 0 Å². The van der Waals surface area contributed by atoms with E-state index in [9.17, 15) is 22.8 Å². The number of amides is 2. The van der Waals surface area contributed by atoms with Gasteiger partial charge in [0.15, 0.2) is 0 Å². The average molecular weight is 419 g/mol. The lowest BCUT2D eigenvalue weighted by atomic mass is 10.0. The Morgan fingerprint density at radius 1 is 1.00 bits per heavy atom. The van der Waals surface area contributed by atoms with E-state index in [0.29, 0.717) is 16.0 Å². The second-order valence-electron chi connectivity index (χ2n) is 7.13. The Morgan fingerprint density at radius 3 is 2.24 bits per heavy atom. The van der Waals surface area contributed by atoms with Gasteiger partial charge >= 0.3 is 6.18 Å². The third-order valence-electron chi connectivity index (χ3n) is 4.41. The molecule has 29 heavy (non-hydrogen) atoms. The Labute approximate surface area is 171 Å². The van der Waals surface area contributed by atoms with E-state index in [1.165, 1.54) is 23.9 Å². The van der Waals surface area contributed by atoms with Gasteiger partial charge in [0, 0.05) is 5.25 Å². The summed E-state index contributed by atoms with van der Waals surface area (Å²) in [5.41, 5.74) is 1.40. The molecular weight excluding hydrogens is 399 g/mol.